The number of aliphatic carboxylic acids is 2. The first-order valence-electron chi connectivity index (χ1n) is 3.36. The van der Waals surface area contributed by atoms with E-state index in [1.165, 1.54) is 6.08 Å². The number of hydrogen-bond donors (Lipinski definition) is 3. The Balaban J connectivity index is 3.94. The normalized spacial score (nSPS) is 12.0. The Morgan fingerprint density at radius 1 is 1.50 bits per heavy atom. The lowest BCUT2D eigenvalue weighted by Gasteiger charge is -2.09. The molecule has 5 nitrogen and oxygen atoms in total. The van der Waals surface area contributed by atoms with Crippen molar-refractivity contribution in [3.63, 3.8) is 0 Å². The molecular formula is C7H11NO4. The highest BCUT2D eigenvalue weighted by Crippen LogP contribution is 1.91. The smallest absolute Gasteiger partial charge is 0.321 e. The molecule has 5 heteroatoms. The molecule has 0 aromatic heterocycles. The molecule has 1 atom stereocenters. The molecule has 0 aliphatic heterocycles. The van der Waals surface area contributed by atoms with Gasteiger partial charge in [0.1, 0.15) is 6.04 Å². The molecule has 1 unspecified atom stereocenters. The Labute approximate surface area is 69.7 Å². The molecular weight excluding hydrogens is 162 g/mol. The molecule has 68 valence electrons. The first-order chi connectivity index (χ1) is 5.57. The van der Waals surface area contributed by atoms with E-state index in [1.807, 2.05) is 0 Å². The number of carbonyl (C=O) groups is 2. The lowest BCUT2D eigenvalue weighted by atomic mass is 10.2. The third-order valence-corrected chi connectivity index (χ3v) is 1.19. The van der Waals surface area contributed by atoms with Crippen LogP contribution in [0.5, 0.6) is 0 Å². The second-order valence-corrected chi connectivity index (χ2v) is 2.19. The Bertz CT molecular complexity index is 190. The highest BCUT2D eigenvalue weighted by Gasteiger charge is 2.18. The van der Waals surface area contributed by atoms with Crippen molar-refractivity contribution in [3.05, 3.63) is 12.7 Å². The van der Waals surface area contributed by atoms with Crippen LogP contribution < -0.4 is 5.32 Å². The summed E-state index contributed by atoms with van der Waals surface area (Å²) in [5.41, 5.74) is 0. The average molecular weight is 173 g/mol. The van der Waals surface area contributed by atoms with Gasteiger partial charge in [-0.3, -0.25) is 9.59 Å². The van der Waals surface area contributed by atoms with Crippen LogP contribution in [0.25, 0.3) is 0 Å². The zero-order valence-electron chi connectivity index (χ0n) is 6.49. The van der Waals surface area contributed by atoms with Gasteiger partial charge in [0.15, 0.2) is 0 Å². The standard InChI is InChI=1S/C7H11NO4/c1-2-3-8-5(7(11)12)4-6(9)10/h2,5,8H,1,3-4H2,(H,9,10)(H,11,12). The molecule has 0 aliphatic carbocycles. The van der Waals surface area contributed by atoms with E-state index >= 15 is 0 Å². The maximum absolute atomic E-state index is 10.4. The summed E-state index contributed by atoms with van der Waals surface area (Å²) in [4.78, 5) is 20.5. The van der Waals surface area contributed by atoms with Gasteiger partial charge in [-0.25, -0.2) is 0 Å². The van der Waals surface area contributed by atoms with Gasteiger partial charge in [-0.05, 0) is 0 Å². The fourth-order valence-electron chi connectivity index (χ4n) is 0.647. The third-order valence-electron chi connectivity index (χ3n) is 1.19. The van der Waals surface area contributed by atoms with Crippen molar-refractivity contribution in [1.82, 2.24) is 5.32 Å². The van der Waals surface area contributed by atoms with E-state index in [0.29, 0.717) is 0 Å². The van der Waals surface area contributed by atoms with Crippen LogP contribution in [0.2, 0.25) is 0 Å². The number of hydrogen-bond acceptors (Lipinski definition) is 3. The van der Waals surface area contributed by atoms with Gasteiger partial charge in [0.25, 0.3) is 0 Å². The van der Waals surface area contributed by atoms with Crippen molar-refractivity contribution >= 4 is 11.9 Å². The molecule has 0 spiro atoms. The van der Waals surface area contributed by atoms with Crippen LogP contribution >= 0.6 is 0 Å². The van der Waals surface area contributed by atoms with Gasteiger partial charge in [0.05, 0.1) is 6.42 Å². The maximum Gasteiger partial charge on any atom is 0.321 e. The van der Waals surface area contributed by atoms with Gasteiger partial charge in [0.2, 0.25) is 0 Å². The van der Waals surface area contributed by atoms with Crippen LogP contribution in [0.4, 0.5) is 0 Å². The maximum atomic E-state index is 10.4. The van der Waals surface area contributed by atoms with Crippen molar-refractivity contribution in [2.45, 2.75) is 12.5 Å². The summed E-state index contributed by atoms with van der Waals surface area (Å²) >= 11 is 0. The Hall–Kier alpha value is -1.36. The van der Waals surface area contributed by atoms with E-state index < -0.39 is 24.4 Å². The minimum absolute atomic E-state index is 0.282. The number of nitrogens with one attached hydrogen (secondary N) is 1. The van der Waals surface area contributed by atoms with Crippen LogP contribution in [-0.2, 0) is 9.59 Å². The van der Waals surface area contributed by atoms with Crippen molar-refractivity contribution in [2.75, 3.05) is 6.54 Å². The lowest BCUT2D eigenvalue weighted by Crippen LogP contribution is -2.38. The van der Waals surface area contributed by atoms with Crippen LogP contribution in [0.15, 0.2) is 12.7 Å². The summed E-state index contributed by atoms with van der Waals surface area (Å²) in [6.07, 6.45) is 1.04. The lowest BCUT2D eigenvalue weighted by molar-refractivity contribution is -0.145. The molecule has 0 fully saturated rings. The van der Waals surface area contributed by atoms with E-state index in [4.69, 9.17) is 10.2 Å². The molecule has 0 heterocycles. The van der Waals surface area contributed by atoms with E-state index in [0.717, 1.165) is 0 Å². The Kier molecular flexibility index (Phi) is 4.71. The fraction of sp³-hybridized carbons (Fsp3) is 0.429. The van der Waals surface area contributed by atoms with E-state index in [1.54, 1.807) is 0 Å². The Morgan fingerprint density at radius 2 is 2.08 bits per heavy atom. The summed E-state index contributed by atoms with van der Waals surface area (Å²) in [6.45, 7) is 3.65. The average Bonchev–Trinajstić information content (AvgIpc) is 1.96. The van der Waals surface area contributed by atoms with Gasteiger partial charge < -0.3 is 15.5 Å². The van der Waals surface area contributed by atoms with Gasteiger partial charge in [-0.2, -0.15) is 0 Å². The summed E-state index contributed by atoms with van der Waals surface area (Å²) in [5.74, 6) is -2.31. The van der Waals surface area contributed by atoms with Crippen molar-refractivity contribution in [3.8, 4) is 0 Å². The largest absolute Gasteiger partial charge is 0.481 e. The van der Waals surface area contributed by atoms with E-state index in [9.17, 15) is 9.59 Å². The third kappa shape index (κ3) is 4.45. The molecule has 0 aliphatic rings. The van der Waals surface area contributed by atoms with Gasteiger partial charge in [-0.15, -0.1) is 6.58 Å². The SMILES string of the molecule is C=CCNC(CC(=O)O)C(=O)O. The molecule has 0 saturated carbocycles. The first kappa shape index (κ1) is 10.6. The van der Waals surface area contributed by atoms with Crippen LogP contribution in [0.1, 0.15) is 6.42 Å². The van der Waals surface area contributed by atoms with Gasteiger partial charge in [0, 0.05) is 6.54 Å². The van der Waals surface area contributed by atoms with E-state index in [-0.39, 0.29) is 6.54 Å². The summed E-state index contributed by atoms with van der Waals surface area (Å²) in [7, 11) is 0. The minimum Gasteiger partial charge on any atom is -0.481 e. The molecule has 0 aromatic carbocycles. The molecule has 0 saturated heterocycles. The molecule has 12 heavy (non-hydrogen) atoms. The first-order valence-corrected chi connectivity index (χ1v) is 3.36. The zero-order chi connectivity index (χ0) is 9.56. The molecule has 0 radical (unpaired) electrons. The van der Waals surface area contributed by atoms with Crippen molar-refractivity contribution in [1.29, 1.82) is 0 Å². The summed E-state index contributed by atoms with van der Waals surface area (Å²) in [6, 6.07) is -1.04. The molecule has 0 bridgehead atoms. The van der Waals surface area contributed by atoms with Crippen LogP contribution in [-0.4, -0.2) is 34.7 Å². The second kappa shape index (κ2) is 5.31. The highest BCUT2D eigenvalue weighted by atomic mass is 16.4. The molecule has 0 rings (SSSR count). The highest BCUT2D eigenvalue weighted by molar-refractivity contribution is 5.80. The van der Waals surface area contributed by atoms with Crippen LogP contribution in [0, 0.1) is 0 Å². The summed E-state index contributed by atoms with van der Waals surface area (Å²) < 4.78 is 0. The van der Waals surface area contributed by atoms with Crippen molar-refractivity contribution < 1.29 is 19.8 Å². The zero-order valence-corrected chi connectivity index (χ0v) is 6.49. The van der Waals surface area contributed by atoms with Gasteiger partial charge >= 0.3 is 11.9 Å². The predicted octanol–water partition coefficient (Wildman–Crippen LogP) is -0.310. The molecule has 0 amide bonds. The molecule has 3 N–H and O–H groups in total. The predicted molar refractivity (Wildman–Crippen MR) is 41.9 cm³/mol. The molecule has 0 aromatic rings. The number of rotatable bonds is 6. The van der Waals surface area contributed by atoms with E-state index in [2.05, 4.69) is 11.9 Å². The summed E-state index contributed by atoms with van der Waals surface area (Å²) in [5, 5.41) is 19.3. The minimum atomic E-state index is -1.17. The van der Waals surface area contributed by atoms with Crippen molar-refractivity contribution in [2.24, 2.45) is 0 Å². The second-order valence-electron chi connectivity index (χ2n) is 2.19. The fourth-order valence-corrected chi connectivity index (χ4v) is 0.647. The van der Waals surface area contributed by atoms with Gasteiger partial charge in [-0.1, -0.05) is 6.08 Å². The number of carboxylic acid groups (broad SMARTS) is 2. The monoisotopic (exact) mass is 173 g/mol. The van der Waals surface area contributed by atoms with Crippen LogP contribution in [0.3, 0.4) is 0 Å². The quantitative estimate of drug-likeness (QED) is 0.479. The topological polar surface area (TPSA) is 86.6 Å². The Morgan fingerprint density at radius 3 is 2.42 bits per heavy atom. The number of carboxylic acids is 2.